The molecule has 102 valence electrons. The molecule has 0 saturated carbocycles. The van der Waals surface area contributed by atoms with Gasteiger partial charge in [-0.25, -0.2) is 4.39 Å². The highest BCUT2D eigenvalue weighted by Gasteiger charge is 2.31. The van der Waals surface area contributed by atoms with Crippen molar-refractivity contribution >= 4 is 5.69 Å². The van der Waals surface area contributed by atoms with E-state index in [4.69, 9.17) is 5.73 Å². The summed E-state index contributed by atoms with van der Waals surface area (Å²) in [5.74, 6) is -0.921. The number of alkyl halides is 3. The molecule has 18 heavy (non-hydrogen) atoms. The smallest absolute Gasteiger partial charge is 0.378 e. The van der Waals surface area contributed by atoms with Gasteiger partial charge in [0.1, 0.15) is 5.82 Å². The van der Waals surface area contributed by atoms with Gasteiger partial charge in [0.25, 0.3) is 0 Å². The Kier molecular flexibility index (Phi) is 4.21. The lowest BCUT2D eigenvalue weighted by molar-refractivity contribution is -0.137. The summed E-state index contributed by atoms with van der Waals surface area (Å²) in [7, 11) is 0. The van der Waals surface area contributed by atoms with E-state index in [1.165, 1.54) is 0 Å². The number of hydrogen-bond donors (Lipinski definition) is 2. The van der Waals surface area contributed by atoms with E-state index in [9.17, 15) is 17.6 Å². The topological polar surface area (TPSA) is 38.0 Å². The van der Waals surface area contributed by atoms with Gasteiger partial charge in [-0.1, -0.05) is 0 Å². The molecule has 0 heterocycles. The fourth-order valence-electron chi connectivity index (χ4n) is 1.58. The maximum atomic E-state index is 13.6. The molecule has 0 amide bonds. The second-order valence-corrected chi connectivity index (χ2v) is 4.74. The Labute approximate surface area is 103 Å². The molecule has 0 saturated heterocycles. The monoisotopic (exact) mass is 264 g/mol. The van der Waals surface area contributed by atoms with Gasteiger partial charge in [-0.2, -0.15) is 13.2 Å². The predicted octanol–water partition coefficient (Wildman–Crippen LogP) is 3.38. The zero-order valence-corrected chi connectivity index (χ0v) is 10.2. The van der Waals surface area contributed by atoms with Crippen molar-refractivity contribution in [2.75, 3.05) is 11.9 Å². The molecule has 0 aliphatic heterocycles. The van der Waals surface area contributed by atoms with Crippen LogP contribution >= 0.6 is 0 Å². The molecule has 0 bridgehead atoms. The minimum Gasteiger partial charge on any atom is -0.378 e. The highest BCUT2D eigenvalue weighted by Crippen LogP contribution is 2.32. The molecule has 2 nitrogen and oxygen atoms in total. The van der Waals surface area contributed by atoms with E-state index in [-0.39, 0.29) is 5.69 Å². The van der Waals surface area contributed by atoms with Crippen molar-refractivity contribution in [2.24, 2.45) is 5.73 Å². The van der Waals surface area contributed by atoms with Crippen molar-refractivity contribution in [1.82, 2.24) is 0 Å². The van der Waals surface area contributed by atoms with Crippen LogP contribution in [0.5, 0.6) is 0 Å². The molecule has 1 aromatic carbocycles. The first kappa shape index (κ1) is 14.8. The van der Waals surface area contributed by atoms with Gasteiger partial charge in [-0.3, -0.25) is 0 Å². The molecule has 0 atom stereocenters. The number of benzene rings is 1. The molecule has 0 aromatic heterocycles. The zero-order valence-electron chi connectivity index (χ0n) is 10.2. The van der Waals surface area contributed by atoms with Crippen LogP contribution in [0.3, 0.4) is 0 Å². The third-order valence-electron chi connectivity index (χ3n) is 2.54. The van der Waals surface area contributed by atoms with E-state index in [0.717, 1.165) is 12.1 Å². The maximum absolute atomic E-state index is 13.6. The van der Waals surface area contributed by atoms with Crippen LogP contribution in [0.25, 0.3) is 0 Å². The van der Waals surface area contributed by atoms with Gasteiger partial charge in [-0.05, 0) is 45.0 Å². The van der Waals surface area contributed by atoms with Gasteiger partial charge in [0.2, 0.25) is 0 Å². The van der Waals surface area contributed by atoms with Crippen LogP contribution in [-0.4, -0.2) is 12.1 Å². The Morgan fingerprint density at radius 1 is 1.22 bits per heavy atom. The molecule has 0 unspecified atom stereocenters. The van der Waals surface area contributed by atoms with Crippen LogP contribution in [-0.2, 0) is 6.18 Å². The van der Waals surface area contributed by atoms with Crippen LogP contribution in [0, 0.1) is 5.82 Å². The lowest BCUT2D eigenvalue weighted by atomic mass is 10.00. The number of anilines is 1. The molecule has 1 aromatic rings. The molecule has 0 spiro atoms. The van der Waals surface area contributed by atoms with Crippen molar-refractivity contribution in [3.8, 4) is 0 Å². The summed E-state index contributed by atoms with van der Waals surface area (Å²) in [5.41, 5.74) is 3.97. The fourth-order valence-corrected chi connectivity index (χ4v) is 1.58. The number of halogens is 4. The SMILES string of the molecule is CC(C)(CCN)Nc1ccc(C(F)(F)F)cc1F. The lowest BCUT2D eigenvalue weighted by Gasteiger charge is -2.27. The standard InChI is InChI=1S/C12H16F4N2/c1-11(2,5-6-17)18-10-4-3-8(7-9(10)13)12(14,15)16/h3-4,7,18H,5-6,17H2,1-2H3. The van der Waals surface area contributed by atoms with Crippen molar-refractivity contribution in [1.29, 1.82) is 0 Å². The second-order valence-electron chi connectivity index (χ2n) is 4.74. The Hall–Kier alpha value is -1.30. The molecule has 3 N–H and O–H groups in total. The summed E-state index contributed by atoms with van der Waals surface area (Å²) in [6.45, 7) is 4.01. The van der Waals surface area contributed by atoms with E-state index in [1.807, 2.05) is 0 Å². The third kappa shape index (κ3) is 3.87. The highest BCUT2D eigenvalue weighted by molar-refractivity contribution is 5.48. The molecule has 0 fully saturated rings. The van der Waals surface area contributed by atoms with E-state index < -0.39 is 23.1 Å². The normalized spacial score (nSPS) is 12.6. The molecule has 0 aliphatic rings. The quantitative estimate of drug-likeness (QED) is 0.818. The molecular formula is C12H16F4N2. The lowest BCUT2D eigenvalue weighted by Crippen LogP contribution is -2.33. The summed E-state index contributed by atoms with van der Waals surface area (Å²) in [5, 5.41) is 2.84. The van der Waals surface area contributed by atoms with Crippen LogP contribution < -0.4 is 11.1 Å². The van der Waals surface area contributed by atoms with Crippen molar-refractivity contribution in [3.05, 3.63) is 29.6 Å². The number of nitrogens with one attached hydrogen (secondary N) is 1. The van der Waals surface area contributed by atoms with Crippen LogP contribution in [0.4, 0.5) is 23.2 Å². The molecule has 0 radical (unpaired) electrons. The summed E-state index contributed by atoms with van der Waals surface area (Å²) in [6.07, 6.45) is -3.96. The minimum atomic E-state index is -4.54. The first-order valence-electron chi connectivity index (χ1n) is 5.51. The third-order valence-corrected chi connectivity index (χ3v) is 2.54. The number of hydrogen-bond acceptors (Lipinski definition) is 2. The zero-order chi connectivity index (χ0) is 14.0. The minimum absolute atomic E-state index is 0.0430. The Morgan fingerprint density at radius 3 is 2.28 bits per heavy atom. The predicted molar refractivity (Wildman–Crippen MR) is 62.8 cm³/mol. The summed E-state index contributed by atoms with van der Waals surface area (Å²) < 4.78 is 50.6. The molecule has 6 heteroatoms. The first-order chi connectivity index (χ1) is 8.15. The first-order valence-corrected chi connectivity index (χ1v) is 5.51. The van der Waals surface area contributed by atoms with E-state index in [0.29, 0.717) is 19.0 Å². The largest absolute Gasteiger partial charge is 0.416 e. The van der Waals surface area contributed by atoms with Crippen LogP contribution in [0.1, 0.15) is 25.8 Å². The molecular weight excluding hydrogens is 248 g/mol. The fraction of sp³-hybridized carbons (Fsp3) is 0.500. The van der Waals surface area contributed by atoms with Gasteiger partial charge in [0.05, 0.1) is 11.3 Å². The number of nitrogens with two attached hydrogens (primary N) is 1. The summed E-state index contributed by atoms with van der Waals surface area (Å²) >= 11 is 0. The average Bonchev–Trinajstić information content (AvgIpc) is 2.19. The van der Waals surface area contributed by atoms with E-state index in [2.05, 4.69) is 5.32 Å². The van der Waals surface area contributed by atoms with Crippen LogP contribution in [0.2, 0.25) is 0 Å². The summed E-state index contributed by atoms with van der Waals surface area (Å²) in [6, 6.07) is 2.43. The maximum Gasteiger partial charge on any atom is 0.416 e. The second kappa shape index (κ2) is 5.14. The molecule has 1 rings (SSSR count). The highest BCUT2D eigenvalue weighted by atomic mass is 19.4. The Bertz CT molecular complexity index is 413. The van der Waals surface area contributed by atoms with Crippen molar-refractivity contribution in [3.63, 3.8) is 0 Å². The molecule has 0 aliphatic carbocycles. The Balaban J connectivity index is 2.93. The van der Waals surface area contributed by atoms with E-state index in [1.54, 1.807) is 13.8 Å². The van der Waals surface area contributed by atoms with E-state index >= 15 is 0 Å². The van der Waals surface area contributed by atoms with Crippen molar-refractivity contribution < 1.29 is 17.6 Å². The van der Waals surface area contributed by atoms with Gasteiger partial charge in [-0.15, -0.1) is 0 Å². The Morgan fingerprint density at radius 2 is 1.83 bits per heavy atom. The van der Waals surface area contributed by atoms with Gasteiger partial charge < -0.3 is 11.1 Å². The summed E-state index contributed by atoms with van der Waals surface area (Å²) in [4.78, 5) is 0. The van der Waals surface area contributed by atoms with Crippen molar-refractivity contribution in [2.45, 2.75) is 32.0 Å². The van der Waals surface area contributed by atoms with Gasteiger partial charge >= 0.3 is 6.18 Å². The van der Waals surface area contributed by atoms with Crippen LogP contribution in [0.15, 0.2) is 18.2 Å². The van der Waals surface area contributed by atoms with Gasteiger partial charge in [0.15, 0.2) is 0 Å². The average molecular weight is 264 g/mol. The number of rotatable bonds is 4. The van der Waals surface area contributed by atoms with Gasteiger partial charge in [0, 0.05) is 5.54 Å².